The Hall–Kier alpha value is -3.95. The van der Waals surface area contributed by atoms with Gasteiger partial charge in [0, 0.05) is 29.3 Å². The number of nitrogens with one attached hydrogen (secondary N) is 2. The van der Waals surface area contributed by atoms with Gasteiger partial charge in [-0.3, -0.25) is 5.32 Å². The molecule has 2 unspecified atom stereocenters. The van der Waals surface area contributed by atoms with Gasteiger partial charge in [-0.1, -0.05) is 68.8 Å². The molecule has 2 atom stereocenters. The number of nitrogens with zero attached hydrogens (tertiary/aromatic N) is 3. The molecule has 0 spiro atoms. The first-order valence-electron chi connectivity index (χ1n) is 15.4. The van der Waals surface area contributed by atoms with Crippen LogP contribution >= 0.6 is 0 Å². The number of amides is 2. The monoisotopic (exact) mass is 611 g/mol. The number of aryl methyl sites for hydroxylation is 1. The third-order valence-electron chi connectivity index (χ3n) is 8.79. The topological polar surface area (TPSA) is 96.3 Å². The number of piperidine rings is 1. The molecule has 4 aromatic rings. The molecule has 2 saturated heterocycles. The third-order valence-corrected chi connectivity index (χ3v) is 10.8. The number of urea groups is 1. The van der Waals surface area contributed by atoms with E-state index < -0.39 is 10.0 Å². The Balaban J connectivity index is 1.12. The summed E-state index contributed by atoms with van der Waals surface area (Å²) in [5, 5.41) is 10.8. The summed E-state index contributed by atoms with van der Waals surface area (Å²) >= 11 is 0. The lowest BCUT2D eigenvalue weighted by Gasteiger charge is -2.38. The molecule has 0 saturated carbocycles. The number of rotatable bonds is 7. The molecule has 0 aliphatic carbocycles. The van der Waals surface area contributed by atoms with Gasteiger partial charge >= 0.3 is 6.03 Å². The normalized spacial score (nSPS) is 20.4. The number of aromatic nitrogens is 2. The number of carbonyl (C=O) groups is 1. The van der Waals surface area contributed by atoms with Gasteiger partial charge in [0.2, 0.25) is 10.0 Å². The van der Waals surface area contributed by atoms with Crippen LogP contribution in [0.3, 0.4) is 0 Å². The highest BCUT2D eigenvalue weighted by Crippen LogP contribution is 2.43. The zero-order valence-corrected chi connectivity index (χ0v) is 26.6. The molecular weight excluding hydrogens is 570 g/mol. The summed E-state index contributed by atoms with van der Waals surface area (Å²) in [6, 6.07) is 26.4. The quantitative estimate of drug-likeness (QED) is 0.229. The molecule has 2 bridgehead atoms. The average molecular weight is 612 g/mol. The molecule has 2 amide bonds. The van der Waals surface area contributed by atoms with Crippen molar-refractivity contribution in [1.82, 2.24) is 14.1 Å². The molecule has 1 aromatic heterocycles. The van der Waals surface area contributed by atoms with Gasteiger partial charge < -0.3 is 5.32 Å². The molecule has 2 aliphatic heterocycles. The highest BCUT2D eigenvalue weighted by atomic mass is 32.2. The van der Waals surface area contributed by atoms with E-state index in [-0.39, 0.29) is 23.5 Å². The van der Waals surface area contributed by atoms with Crippen molar-refractivity contribution in [2.24, 2.45) is 5.92 Å². The predicted octanol–water partition coefficient (Wildman–Crippen LogP) is 7.30. The summed E-state index contributed by atoms with van der Waals surface area (Å²) in [5.41, 5.74) is 4.57. The van der Waals surface area contributed by atoms with Crippen molar-refractivity contribution < 1.29 is 13.2 Å². The Labute approximate surface area is 260 Å². The fraction of sp³-hybridized carbons (Fsp3) is 0.371. The molecule has 2 fully saturated rings. The van der Waals surface area contributed by atoms with Gasteiger partial charge in [0.1, 0.15) is 5.82 Å². The number of sulfonamides is 1. The molecule has 230 valence electrons. The highest BCUT2D eigenvalue weighted by Gasteiger charge is 2.47. The van der Waals surface area contributed by atoms with E-state index in [4.69, 9.17) is 5.10 Å². The lowest BCUT2D eigenvalue weighted by molar-refractivity contribution is 0.190. The van der Waals surface area contributed by atoms with Gasteiger partial charge in [-0.15, -0.1) is 0 Å². The maximum atomic E-state index is 13.4. The Bertz CT molecular complexity index is 1730. The maximum absolute atomic E-state index is 13.4. The van der Waals surface area contributed by atoms with Crippen LogP contribution < -0.4 is 10.6 Å². The van der Waals surface area contributed by atoms with Crippen LogP contribution in [0.1, 0.15) is 63.3 Å². The summed E-state index contributed by atoms with van der Waals surface area (Å²) in [4.78, 5) is 13.6. The van der Waals surface area contributed by atoms with Crippen LogP contribution in [-0.2, 0) is 21.9 Å². The molecule has 2 aliphatic rings. The number of benzene rings is 3. The van der Waals surface area contributed by atoms with Crippen molar-refractivity contribution in [1.29, 1.82) is 0 Å². The summed E-state index contributed by atoms with van der Waals surface area (Å²) in [5.74, 6) is 0.985. The van der Waals surface area contributed by atoms with E-state index in [1.165, 1.54) is 0 Å². The van der Waals surface area contributed by atoms with Crippen molar-refractivity contribution in [3.63, 3.8) is 0 Å². The van der Waals surface area contributed by atoms with Crippen molar-refractivity contribution in [3.05, 3.63) is 102 Å². The Morgan fingerprint density at radius 2 is 1.57 bits per heavy atom. The number of fused-ring (bicyclic) bond motifs is 2. The van der Waals surface area contributed by atoms with Crippen LogP contribution in [0.2, 0.25) is 0 Å². The van der Waals surface area contributed by atoms with Crippen LogP contribution in [0.25, 0.3) is 5.69 Å². The van der Waals surface area contributed by atoms with Crippen LogP contribution in [0.4, 0.5) is 16.3 Å². The fourth-order valence-corrected chi connectivity index (χ4v) is 8.54. The average Bonchev–Trinajstić information content (AvgIpc) is 3.53. The Morgan fingerprint density at radius 3 is 2.23 bits per heavy atom. The van der Waals surface area contributed by atoms with Crippen molar-refractivity contribution >= 4 is 27.6 Å². The summed E-state index contributed by atoms with van der Waals surface area (Å²) < 4.78 is 30.4. The first-order valence-corrected chi connectivity index (χ1v) is 16.8. The van der Waals surface area contributed by atoms with Crippen LogP contribution in [-0.4, -0.2) is 40.6 Å². The zero-order valence-electron chi connectivity index (χ0n) is 25.8. The lowest BCUT2D eigenvalue weighted by Crippen LogP contribution is -2.46. The zero-order chi connectivity index (χ0) is 31.1. The fourth-order valence-electron chi connectivity index (χ4n) is 6.63. The largest absolute Gasteiger partial charge is 0.324 e. The predicted molar refractivity (Wildman–Crippen MR) is 175 cm³/mol. The lowest BCUT2D eigenvalue weighted by atomic mass is 9.87. The molecule has 9 heteroatoms. The van der Waals surface area contributed by atoms with E-state index in [2.05, 4.69) is 37.5 Å². The van der Waals surface area contributed by atoms with Crippen molar-refractivity contribution in [3.8, 4) is 5.69 Å². The van der Waals surface area contributed by atoms with E-state index in [1.807, 2.05) is 61.5 Å². The molecule has 0 radical (unpaired) electrons. The molecule has 8 nitrogen and oxygen atoms in total. The van der Waals surface area contributed by atoms with E-state index in [9.17, 15) is 13.2 Å². The standard InChI is InChI=1S/C35H41N5O3S/c1-24-13-15-28(16-14-24)39-33(23-32(38-39)35(2,3)4)37-34(41)36-27-10-8-9-25(20-27)19-26-21-29-17-18-30(22-26)40(29)44(42,43)31-11-6-5-7-12-31/h5-16,20,23,26,29-30H,17-19,21-22H2,1-4H3,(H2,36,37,41). The number of anilines is 2. The van der Waals surface area contributed by atoms with Gasteiger partial charge in [0.15, 0.2) is 0 Å². The van der Waals surface area contributed by atoms with Gasteiger partial charge in [0.05, 0.1) is 16.3 Å². The minimum Gasteiger partial charge on any atom is -0.308 e. The summed E-state index contributed by atoms with van der Waals surface area (Å²) in [7, 11) is -3.50. The SMILES string of the molecule is Cc1ccc(-n2nc(C(C)(C)C)cc2NC(=O)Nc2cccc(CC3CC4CCC(C3)N4S(=O)(=O)c3ccccc3)c2)cc1. The van der Waals surface area contributed by atoms with E-state index in [0.717, 1.165) is 54.6 Å². The van der Waals surface area contributed by atoms with E-state index in [0.29, 0.717) is 22.3 Å². The Kier molecular flexibility index (Phi) is 8.11. The summed E-state index contributed by atoms with van der Waals surface area (Å²) in [6.45, 7) is 8.34. The minimum atomic E-state index is -3.50. The van der Waals surface area contributed by atoms with Gasteiger partial charge in [-0.2, -0.15) is 9.40 Å². The maximum Gasteiger partial charge on any atom is 0.324 e. The number of carbonyl (C=O) groups excluding carboxylic acids is 1. The van der Waals surface area contributed by atoms with E-state index >= 15 is 0 Å². The van der Waals surface area contributed by atoms with Crippen LogP contribution in [0, 0.1) is 12.8 Å². The molecule has 44 heavy (non-hydrogen) atoms. The Morgan fingerprint density at radius 1 is 0.886 bits per heavy atom. The molecule has 3 aromatic carbocycles. The third kappa shape index (κ3) is 6.30. The first-order chi connectivity index (χ1) is 21.0. The van der Waals surface area contributed by atoms with Crippen LogP contribution in [0.15, 0.2) is 89.8 Å². The second-order valence-electron chi connectivity index (χ2n) is 13.3. The van der Waals surface area contributed by atoms with Gasteiger partial charge in [-0.05, 0) is 86.9 Å². The molecular formula is C35H41N5O3S. The smallest absolute Gasteiger partial charge is 0.308 e. The molecule has 6 rings (SSSR count). The van der Waals surface area contributed by atoms with Crippen LogP contribution in [0.5, 0.6) is 0 Å². The molecule has 2 N–H and O–H groups in total. The van der Waals surface area contributed by atoms with Crippen molar-refractivity contribution in [2.45, 2.75) is 82.2 Å². The van der Waals surface area contributed by atoms with E-state index in [1.54, 1.807) is 33.3 Å². The number of hydrogen-bond acceptors (Lipinski definition) is 4. The highest BCUT2D eigenvalue weighted by molar-refractivity contribution is 7.89. The second-order valence-corrected chi connectivity index (χ2v) is 15.1. The first kappa shape index (κ1) is 30.1. The summed E-state index contributed by atoms with van der Waals surface area (Å²) in [6.07, 6.45) is 4.36. The minimum absolute atomic E-state index is 0.0346. The van der Waals surface area contributed by atoms with Gasteiger partial charge in [0.25, 0.3) is 0 Å². The second kappa shape index (κ2) is 11.9. The number of hydrogen-bond donors (Lipinski definition) is 2. The molecule has 3 heterocycles. The van der Waals surface area contributed by atoms with Crippen molar-refractivity contribution in [2.75, 3.05) is 10.6 Å². The van der Waals surface area contributed by atoms with Gasteiger partial charge in [-0.25, -0.2) is 17.9 Å².